The van der Waals surface area contributed by atoms with Crippen molar-refractivity contribution in [3.63, 3.8) is 0 Å². The quantitative estimate of drug-likeness (QED) is 0.250. The summed E-state index contributed by atoms with van der Waals surface area (Å²) in [5, 5.41) is 21.9. The van der Waals surface area contributed by atoms with Crippen LogP contribution < -0.4 is 20.9 Å². The number of carbonyl (C=O) groups is 3. The van der Waals surface area contributed by atoms with Gasteiger partial charge in [0.15, 0.2) is 11.5 Å². The second-order valence-electron chi connectivity index (χ2n) is 12.5. The number of likely N-dealkylation sites (tertiary alicyclic amines) is 1. The first-order valence-corrected chi connectivity index (χ1v) is 15.7. The van der Waals surface area contributed by atoms with Gasteiger partial charge in [-0.25, -0.2) is 4.98 Å². The zero-order chi connectivity index (χ0) is 32.8. The number of fused-ring (bicyclic) bond motifs is 3. The Kier molecular flexibility index (Phi) is 7.80. The molecule has 5 heterocycles. The molecule has 1 saturated carbocycles. The van der Waals surface area contributed by atoms with E-state index in [4.69, 9.17) is 5.10 Å². The smallest absolute Gasteiger partial charge is 0.273 e. The first kappa shape index (κ1) is 30.3. The summed E-state index contributed by atoms with van der Waals surface area (Å²) in [6.07, 6.45) is 3.67. The molecule has 0 unspecified atom stereocenters. The van der Waals surface area contributed by atoms with Crippen LogP contribution in [0.15, 0.2) is 48.7 Å². The minimum Gasteiger partial charge on any atom is -0.366 e. The highest BCUT2D eigenvalue weighted by atomic mass is 16.2. The van der Waals surface area contributed by atoms with E-state index >= 15 is 0 Å². The van der Waals surface area contributed by atoms with Crippen LogP contribution >= 0.6 is 0 Å². The highest BCUT2D eigenvalue weighted by Crippen LogP contribution is 2.45. The van der Waals surface area contributed by atoms with Crippen molar-refractivity contribution >= 4 is 40.6 Å². The Morgan fingerprint density at radius 3 is 2.53 bits per heavy atom. The number of hydrogen-bond donors (Lipinski definition) is 3. The van der Waals surface area contributed by atoms with Crippen LogP contribution in [0.2, 0.25) is 0 Å². The van der Waals surface area contributed by atoms with E-state index in [0.717, 1.165) is 59.8 Å². The maximum absolute atomic E-state index is 12.7. The van der Waals surface area contributed by atoms with Crippen molar-refractivity contribution in [3.8, 4) is 11.1 Å². The molecule has 2 aliphatic heterocycles. The second kappa shape index (κ2) is 12.1. The number of hydrogen-bond acceptors (Lipinski definition) is 10. The van der Waals surface area contributed by atoms with E-state index in [1.54, 1.807) is 26.2 Å². The third-order valence-corrected chi connectivity index (χ3v) is 8.80. The molecular formula is C33H37N11O3. The maximum atomic E-state index is 12.7. The molecule has 3 amide bonds. The van der Waals surface area contributed by atoms with Gasteiger partial charge >= 0.3 is 0 Å². The van der Waals surface area contributed by atoms with Gasteiger partial charge in [0.25, 0.3) is 11.8 Å². The third kappa shape index (κ3) is 5.87. The number of benzene rings is 1. The molecule has 1 saturated heterocycles. The van der Waals surface area contributed by atoms with Crippen LogP contribution in [-0.4, -0.2) is 93.8 Å². The molecule has 242 valence electrons. The Hall–Kier alpha value is -5.37. The van der Waals surface area contributed by atoms with Gasteiger partial charge in [-0.15, -0.1) is 10.2 Å². The number of anilines is 4. The molecule has 0 bridgehead atoms. The minimum atomic E-state index is -0.387. The molecule has 3 aromatic heterocycles. The zero-order valence-electron chi connectivity index (χ0n) is 26.8. The van der Waals surface area contributed by atoms with E-state index in [1.165, 1.54) is 11.9 Å². The number of nitrogens with zero attached hydrogens (tertiary/aromatic N) is 8. The van der Waals surface area contributed by atoms with Crippen molar-refractivity contribution in [3.05, 3.63) is 71.4 Å². The van der Waals surface area contributed by atoms with Gasteiger partial charge in [0, 0.05) is 70.9 Å². The topological polar surface area (TPSA) is 154 Å². The Bertz CT molecular complexity index is 1880. The lowest BCUT2D eigenvalue weighted by Crippen LogP contribution is -2.48. The Balaban J connectivity index is 1.10. The molecule has 0 spiro atoms. The molecule has 47 heavy (non-hydrogen) atoms. The average molecular weight is 636 g/mol. The van der Waals surface area contributed by atoms with Gasteiger partial charge in [0.1, 0.15) is 5.69 Å². The number of amides is 3. The Morgan fingerprint density at radius 1 is 1.00 bits per heavy atom. The van der Waals surface area contributed by atoms with Crippen LogP contribution in [0.25, 0.3) is 11.1 Å². The molecule has 14 heteroatoms. The predicted octanol–water partition coefficient (Wildman–Crippen LogP) is 2.90. The number of carbonyl (C=O) groups excluding carboxylic acids is 3. The fourth-order valence-electron chi connectivity index (χ4n) is 6.19. The summed E-state index contributed by atoms with van der Waals surface area (Å²) < 4.78 is 2.14. The molecule has 3 aliphatic rings. The SMILES string of the molecule is CNC(=O)c1nnc(NC(=O)C2CC2)cc1Nc1cccc2c1N(C)Cc1c-2cnn1C1CN(Cc2cccc(C(=O)N(C)C)n2)C1. The van der Waals surface area contributed by atoms with Gasteiger partial charge in [0.05, 0.1) is 47.2 Å². The van der Waals surface area contributed by atoms with Crippen molar-refractivity contribution in [2.75, 3.05) is 56.8 Å². The van der Waals surface area contributed by atoms with Crippen molar-refractivity contribution < 1.29 is 14.4 Å². The molecule has 7 rings (SSSR count). The van der Waals surface area contributed by atoms with Crippen LogP contribution in [0, 0.1) is 5.92 Å². The van der Waals surface area contributed by atoms with Crippen LogP contribution in [0.1, 0.15) is 51.2 Å². The molecule has 1 aromatic carbocycles. The van der Waals surface area contributed by atoms with E-state index in [9.17, 15) is 14.4 Å². The van der Waals surface area contributed by atoms with Crippen LogP contribution in [0.5, 0.6) is 0 Å². The van der Waals surface area contributed by atoms with E-state index in [-0.39, 0.29) is 35.4 Å². The average Bonchev–Trinajstić information content (AvgIpc) is 3.82. The number of aromatic nitrogens is 5. The molecule has 0 atom stereocenters. The van der Waals surface area contributed by atoms with Crippen molar-refractivity contribution in [1.29, 1.82) is 0 Å². The molecular weight excluding hydrogens is 598 g/mol. The lowest BCUT2D eigenvalue weighted by atomic mass is 9.97. The Morgan fingerprint density at radius 2 is 1.79 bits per heavy atom. The Labute approximate surface area is 272 Å². The first-order chi connectivity index (χ1) is 22.7. The van der Waals surface area contributed by atoms with Gasteiger partial charge in [0.2, 0.25) is 5.91 Å². The van der Waals surface area contributed by atoms with Crippen LogP contribution in [0.3, 0.4) is 0 Å². The van der Waals surface area contributed by atoms with Gasteiger partial charge in [-0.3, -0.25) is 24.0 Å². The molecule has 2 fully saturated rings. The molecule has 4 aromatic rings. The number of pyridine rings is 1. The summed E-state index contributed by atoms with van der Waals surface area (Å²) in [6.45, 7) is 2.97. The molecule has 14 nitrogen and oxygen atoms in total. The number of rotatable bonds is 9. The van der Waals surface area contributed by atoms with Gasteiger partial charge in [-0.05, 0) is 31.0 Å². The third-order valence-electron chi connectivity index (χ3n) is 8.80. The maximum Gasteiger partial charge on any atom is 0.273 e. The summed E-state index contributed by atoms with van der Waals surface area (Å²) in [7, 11) is 7.03. The number of para-hydroxylation sites is 1. The highest BCUT2D eigenvalue weighted by Gasteiger charge is 2.35. The van der Waals surface area contributed by atoms with Crippen LogP contribution in [-0.2, 0) is 17.9 Å². The zero-order valence-corrected chi connectivity index (χ0v) is 26.8. The van der Waals surface area contributed by atoms with Crippen LogP contribution in [0.4, 0.5) is 22.9 Å². The predicted molar refractivity (Wildman–Crippen MR) is 176 cm³/mol. The second-order valence-corrected chi connectivity index (χ2v) is 12.5. The summed E-state index contributed by atoms with van der Waals surface area (Å²) >= 11 is 0. The van der Waals surface area contributed by atoms with E-state index in [1.807, 2.05) is 37.5 Å². The largest absolute Gasteiger partial charge is 0.366 e. The standard InChI is InChI=1S/C33H37N11O3/c1-34-32(46)29-26(13-28(39-40-29)38-31(45)19-11-12-19)37-24-9-6-8-22-23-14-35-44(27(23)18-42(4)30(22)24)21-16-43(17-21)15-20-7-5-10-25(36-20)33(47)41(2)3/h5-10,13-14,19,21H,11-12,15-18H2,1-4H3,(H,34,46)(H2,37,38,39,45). The lowest BCUT2D eigenvalue weighted by molar-refractivity contribution is -0.117. The van der Waals surface area contributed by atoms with E-state index in [2.05, 4.69) is 51.7 Å². The number of nitrogens with one attached hydrogen (secondary N) is 3. The minimum absolute atomic E-state index is 0.00818. The van der Waals surface area contributed by atoms with Crippen molar-refractivity contribution in [1.82, 2.24) is 40.1 Å². The molecule has 1 aliphatic carbocycles. The monoisotopic (exact) mass is 635 g/mol. The molecule has 3 N–H and O–H groups in total. The van der Waals surface area contributed by atoms with E-state index < -0.39 is 0 Å². The van der Waals surface area contributed by atoms with Gasteiger partial charge in [-0.1, -0.05) is 18.2 Å². The van der Waals surface area contributed by atoms with Gasteiger partial charge in [-0.2, -0.15) is 5.10 Å². The van der Waals surface area contributed by atoms with Crippen molar-refractivity contribution in [2.24, 2.45) is 5.92 Å². The summed E-state index contributed by atoms with van der Waals surface area (Å²) in [5.74, 6) is -0.281. The highest BCUT2D eigenvalue weighted by molar-refractivity contribution is 6.01. The summed E-state index contributed by atoms with van der Waals surface area (Å²) in [6, 6.07) is 13.5. The van der Waals surface area contributed by atoms with E-state index in [0.29, 0.717) is 30.3 Å². The first-order valence-electron chi connectivity index (χ1n) is 15.7. The summed E-state index contributed by atoms with van der Waals surface area (Å²) in [4.78, 5) is 48.0. The lowest BCUT2D eigenvalue weighted by Gasteiger charge is -2.40. The van der Waals surface area contributed by atoms with Gasteiger partial charge < -0.3 is 25.8 Å². The fraction of sp³-hybridized carbons (Fsp3) is 0.364. The normalized spacial score (nSPS) is 15.7. The van der Waals surface area contributed by atoms with Crippen molar-refractivity contribution in [2.45, 2.75) is 32.0 Å². The summed E-state index contributed by atoms with van der Waals surface area (Å²) in [5.41, 5.74) is 6.87. The fourth-order valence-corrected chi connectivity index (χ4v) is 6.19. The molecule has 0 radical (unpaired) electrons.